The van der Waals surface area contributed by atoms with Crippen molar-refractivity contribution >= 4 is 5.91 Å². The van der Waals surface area contributed by atoms with Crippen molar-refractivity contribution in [3.63, 3.8) is 0 Å². The second-order valence-electron chi connectivity index (χ2n) is 7.29. The number of aliphatic hydroxyl groups excluding tert-OH is 1. The molecule has 2 fully saturated rings. The van der Waals surface area contributed by atoms with Gasteiger partial charge >= 0.3 is 0 Å². The first-order valence-corrected chi connectivity index (χ1v) is 9.58. The number of morpholine rings is 1. The fourth-order valence-corrected chi connectivity index (χ4v) is 3.58. The third-order valence-corrected chi connectivity index (χ3v) is 5.19. The molecule has 1 aromatic carbocycles. The number of aryl methyl sites for hydroxylation is 1. The van der Waals surface area contributed by atoms with Gasteiger partial charge in [0, 0.05) is 25.6 Å². The molecule has 2 aliphatic heterocycles. The van der Waals surface area contributed by atoms with Gasteiger partial charge in [0.25, 0.3) is 0 Å². The number of benzene rings is 1. The number of carbonyl (C=O) groups is 1. The van der Waals surface area contributed by atoms with E-state index in [0.717, 1.165) is 31.7 Å². The average molecular weight is 362 g/mol. The smallest absolute Gasteiger partial charge is 0.225 e. The van der Waals surface area contributed by atoms with Gasteiger partial charge in [-0.2, -0.15) is 0 Å². The van der Waals surface area contributed by atoms with E-state index in [2.05, 4.69) is 4.90 Å². The zero-order chi connectivity index (χ0) is 18.4. The third kappa shape index (κ3) is 5.43. The number of β-amino-alcohol motifs (C(OH)–C–C–N with tert-alkyl or cyclic N) is 1. The van der Waals surface area contributed by atoms with Crippen LogP contribution in [0.2, 0.25) is 0 Å². The van der Waals surface area contributed by atoms with E-state index in [1.54, 1.807) is 0 Å². The number of carbonyl (C=O) groups excluding carboxylic acids is 1. The predicted molar refractivity (Wildman–Crippen MR) is 99.2 cm³/mol. The van der Waals surface area contributed by atoms with Crippen LogP contribution < -0.4 is 4.74 Å². The van der Waals surface area contributed by atoms with Gasteiger partial charge in [-0.05, 0) is 45.0 Å². The molecule has 1 aromatic rings. The molecule has 144 valence electrons. The molecule has 0 aromatic heterocycles. The van der Waals surface area contributed by atoms with Gasteiger partial charge in [0.15, 0.2) is 0 Å². The van der Waals surface area contributed by atoms with E-state index in [4.69, 9.17) is 9.47 Å². The van der Waals surface area contributed by atoms with Crippen LogP contribution in [0.4, 0.5) is 0 Å². The van der Waals surface area contributed by atoms with Crippen LogP contribution in [0.25, 0.3) is 0 Å². The molecule has 1 amide bonds. The molecular weight excluding hydrogens is 332 g/mol. The topological polar surface area (TPSA) is 62.2 Å². The summed E-state index contributed by atoms with van der Waals surface area (Å²) in [5.41, 5.74) is 1.19. The normalized spacial score (nSPS) is 20.8. The first-order chi connectivity index (χ1) is 12.6. The second kappa shape index (κ2) is 9.35. The van der Waals surface area contributed by atoms with Gasteiger partial charge in [-0.25, -0.2) is 0 Å². The van der Waals surface area contributed by atoms with Gasteiger partial charge < -0.3 is 24.4 Å². The number of aliphatic hydroxyl groups is 1. The summed E-state index contributed by atoms with van der Waals surface area (Å²) < 4.78 is 11.0. The van der Waals surface area contributed by atoms with Crippen LogP contribution >= 0.6 is 0 Å². The number of ether oxygens (including phenoxy) is 2. The Morgan fingerprint density at radius 1 is 1.19 bits per heavy atom. The van der Waals surface area contributed by atoms with Gasteiger partial charge in [-0.3, -0.25) is 4.79 Å². The van der Waals surface area contributed by atoms with E-state index in [0.29, 0.717) is 32.8 Å². The number of nitrogens with zero attached hydrogens (tertiary/aromatic N) is 2. The Hall–Kier alpha value is -1.63. The highest BCUT2D eigenvalue weighted by Crippen LogP contribution is 2.20. The Morgan fingerprint density at radius 2 is 1.85 bits per heavy atom. The van der Waals surface area contributed by atoms with Gasteiger partial charge in [-0.1, -0.05) is 17.7 Å². The van der Waals surface area contributed by atoms with Crippen molar-refractivity contribution in [2.24, 2.45) is 5.92 Å². The highest BCUT2D eigenvalue weighted by Gasteiger charge is 2.29. The zero-order valence-corrected chi connectivity index (χ0v) is 15.6. The SMILES string of the molecule is Cc1ccc(OCC(O)CN2CCC(C(=O)N3CCOCC3)CC2)cc1. The molecule has 6 heteroatoms. The highest BCUT2D eigenvalue weighted by molar-refractivity contribution is 5.79. The minimum atomic E-state index is -0.525. The zero-order valence-electron chi connectivity index (χ0n) is 15.6. The van der Waals surface area contributed by atoms with Crippen molar-refractivity contribution < 1.29 is 19.4 Å². The maximum atomic E-state index is 12.5. The van der Waals surface area contributed by atoms with Crippen molar-refractivity contribution in [3.8, 4) is 5.75 Å². The lowest BCUT2D eigenvalue weighted by molar-refractivity contribution is -0.141. The summed E-state index contributed by atoms with van der Waals surface area (Å²) >= 11 is 0. The summed E-state index contributed by atoms with van der Waals surface area (Å²) in [6.07, 6.45) is 1.20. The van der Waals surface area contributed by atoms with Crippen LogP contribution in [0, 0.1) is 12.8 Å². The molecule has 1 unspecified atom stereocenters. The Bertz CT molecular complexity index is 564. The van der Waals surface area contributed by atoms with Gasteiger partial charge in [-0.15, -0.1) is 0 Å². The first kappa shape index (κ1) is 19.1. The molecule has 0 aliphatic carbocycles. The maximum absolute atomic E-state index is 12.5. The Morgan fingerprint density at radius 3 is 2.50 bits per heavy atom. The number of hydrogen-bond donors (Lipinski definition) is 1. The molecular formula is C20H30N2O4. The lowest BCUT2D eigenvalue weighted by Gasteiger charge is -2.36. The molecule has 2 heterocycles. The van der Waals surface area contributed by atoms with Crippen molar-refractivity contribution in [1.29, 1.82) is 0 Å². The van der Waals surface area contributed by atoms with E-state index in [1.165, 1.54) is 5.56 Å². The Labute approximate surface area is 155 Å². The van der Waals surface area contributed by atoms with E-state index >= 15 is 0 Å². The van der Waals surface area contributed by atoms with Crippen molar-refractivity contribution in [2.45, 2.75) is 25.9 Å². The summed E-state index contributed by atoms with van der Waals surface area (Å²) in [5.74, 6) is 1.17. The van der Waals surface area contributed by atoms with E-state index in [-0.39, 0.29) is 18.4 Å². The molecule has 2 aliphatic rings. The fraction of sp³-hybridized carbons (Fsp3) is 0.650. The standard InChI is InChI=1S/C20H30N2O4/c1-16-2-4-19(5-3-16)26-15-18(23)14-21-8-6-17(7-9-21)20(24)22-10-12-25-13-11-22/h2-5,17-18,23H,6-15H2,1H3. The van der Waals surface area contributed by atoms with Gasteiger partial charge in [0.1, 0.15) is 18.5 Å². The molecule has 26 heavy (non-hydrogen) atoms. The minimum absolute atomic E-state index is 0.116. The fourth-order valence-electron chi connectivity index (χ4n) is 3.58. The van der Waals surface area contributed by atoms with E-state index < -0.39 is 6.10 Å². The molecule has 0 bridgehead atoms. The molecule has 1 atom stereocenters. The number of likely N-dealkylation sites (tertiary alicyclic amines) is 1. The monoisotopic (exact) mass is 362 g/mol. The van der Waals surface area contributed by atoms with Crippen LogP contribution in [-0.4, -0.2) is 79.5 Å². The van der Waals surface area contributed by atoms with Crippen LogP contribution in [0.3, 0.4) is 0 Å². The van der Waals surface area contributed by atoms with Gasteiger partial charge in [0.05, 0.1) is 13.2 Å². The van der Waals surface area contributed by atoms with Crippen molar-refractivity contribution in [1.82, 2.24) is 9.80 Å². The molecule has 0 spiro atoms. The van der Waals surface area contributed by atoms with Crippen molar-refractivity contribution in [3.05, 3.63) is 29.8 Å². The summed E-state index contributed by atoms with van der Waals surface area (Å²) in [7, 11) is 0. The summed E-state index contributed by atoms with van der Waals surface area (Å²) in [4.78, 5) is 16.7. The average Bonchev–Trinajstić information content (AvgIpc) is 2.68. The number of amides is 1. The predicted octanol–water partition coefficient (Wildman–Crippen LogP) is 1.31. The Balaban J connectivity index is 1.36. The number of piperidine rings is 1. The number of rotatable bonds is 6. The second-order valence-corrected chi connectivity index (χ2v) is 7.29. The molecule has 0 saturated carbocycles. The lowest BCUT2D eigenvalue weighted by Crippen LogP contribution is -2.47. The highest BCUT2D eigenvalue weighted by atomic mass is 16.5. The third-order valence-electron chi connectivity index (χ3n) is 5.19. The van der Waals surface area contributed by atoms with Gasteiger partial charge in [0.2, 0.25) is 5.91 Å². The quantitative estimate of drug-likeness (QED) is 0.827. The summed E-state index contributed by atoms with van der Waals surface area (Å²) in [6, 6.07) is 7.84. The summed E-state index contributed by atoms with van der Waals surface area (Å²) in [6.45, 7) is 7.34. The molecule has 3 rings (SSSR count). The van der Waals surface area contributed by atoms with Crippen LogP contribution in [0.5, 0.6) is 5.75 Å². The maximum Gasteiger partial charge on any atom is 0.225 e. The first-order valence-electron chi connectivity index (χ1n) is 9.58. The lowest BCUT2D eigenvalue weighted by atomic mass is 9.95. The van der Waals surface area contributed by atoms with Crippen molar-refractivity contribution in [2.75, 3.05) is 52.5 Å². The number of hydrogen-bond acceptors (Lipinski definition) is 5. The molecule has 6 nitrogen and oxygen atoms in total. The van der Waals surface area contributed by atoms with E-state index in [1.807, 2.05) is 36.1 Å². The Kier molecular flexibility index (Phi) is 6.88. The van der Waals surface area contributed by atoms with Crippen LogP contribution in [0.15, 0.2) is 24.3 Å². The summed E-state index contributed by atoms with van der Waals surface area (Å²) in [5, 5.41) is 10.2. The largest absolute Gasteiger partial charge is 0.491 e. The molecule has 0 radical (unpaired) electrons. The van der Waals surface area contributed by atoms with E-state index in [9.17, 15) is 9.90 Å². The van der Waals surface area contributed by atoms with Crippen LogP contribution in [-0.2, 0) is 9.53 Å². The molecule has 2 saturated heterocycles. The van der Waals surface area contributed by atoms with Crippen LogP contribution in [0.1, 0.15) is 18.4 Å². The molecule has 1 N–H and O–H groups in total. The minimum Gasteiger partial charge on any atom is -0.491 e.